The Balaban J connectivity index is 1.58. The number of rotatable bonds is 4. The van der Waals surface area contributed by atoms with Gasteiger partial charge in [-0.3, -0.25) is 0 Å². The summed E-state index contributed by atoms with van der Waals surface area (Å²) in [5.41, 5.74) is 2.03. The van der Waals surface area contributed by atoms with E-state index in [9.17, 15) is 4.79 Å². The van der Waals surface area contributed by atoms with Gasteiger partial charge < -0.3 is 10.2 Å². The fraction of sp³-hybridized carbons (Fsp3) is 0.294. The minimum Gasteiger partial charge on any atom is -0.325 e. The van der Waals surface area contributed by atoms with Crippen molar-refractivity contribution >= 4 is 23.5 Å². The lowest BCUT2D eigenvalue weighted by Crippen LogP contribution is -2.32. The van der Waals surface area contributed by atoms with E-state index >= 15 is 0 Å². The molecule has 4 nitrogen and oxygen atoms in total. The molecule has 0 saturated carbocycles. The fourth-order valence-electron chi connectivity index (χ4n) is 2.45. The van der Waals surface area contributed by atoms with Gasteiger partial charge in [0.15, 0.2) is 0 Å². The predicted octanol–water partition coefficient (Wildman–Crippen LogP) is 4.00. The van der Waals surface area contributed by atoms with Crippen molar-refractivity contribution in [2.45, 2.75) is 23.6 Å². The Bertz CT molecular complexity index is 627. The molecule has 2 amide bonds. The second-order valence-corrected chi connectivity index (χ2v) is 6.28. The molecule has 2 heterocycles. The zero-order valence-electron chi connectivity index (χ0n) is 12.4. The number of carbonyl (C=O) groups excluding carboxylic acids is 1. The molecule has 1 aromatic heterocycles. The minimum absolute atomic E-state index is 0.00651. The van der Waals surface area contributed by atoms with E-state index in [1.54, 1.807) is 18.0 Å². The van der Waals surface area contributed by atoms with Crippen LogP contribution in [-0.2, 0) is 5.75 Å². The number of urea groups is 1. The Morgan fingerprint density at radius 2 is 2.05 bits per heavy atom. The number of nitrogens with one attached hydrogen (secondary N) is 1. The summed E-state index contributed by atoms with van der Waals surface area (Å²) in [4.78, 5) is 18.3. The molecule has 0 atom stereocenters. The first-order valence-electron chi connectivity index (χ1n) is 7.50. The molecule has 0 bridgehead atoms. The Labute approximate surface area is 134 Å². The zero-order valence-corrected chi connectivity index (χ0v) is 13.2. The summed E-state index contributed by atoms with van der Waals surface area (Å²) < 4.78 is 0. The van der Waals surface area contributed by atoms with Gasteiger partial charge in [-0.05, 0) is 42.7 Å². The van der Waals surface area contributed by atoms with Crippen molar-refractivity contribution in [1.29, 1.82) is 0 Å². The number of benzene rings is 1. The Kier molecular flexibility index (Phi) is 4.96. The Morgan fingerprint density at radius 3 is 2.82 bits per heavy atom. The third-order valence-corrected chi connectivity index (χ3v) is 4.61. The van der Waals surface area contributed by atoms with E-state index in [1.807, 2.05) is 41.3 Å². The number of nitrogens with zero attached hydrogens (tertiary/aromatic N) is 2. The average Bonchev–Trinajstić information content (AvgIpc) is 3.09. The number of carbonyl (C=O) groups is 1. The number of aromatic nitrogens is 1. The van der Waals surface area contributed by atoms with Gasteiger partial charge in [-0.2, -0.15) is 0 Å². The van der Waals surface area contributed by atoms with E-state index in [0.29, 0.717) is 0 Å². The van der Waals surface area contributed by atoms with Crippen LogP contribution in [0, 0.1) is 0 Å². The summed E-state index contributed by atoms with van der Waals surface area (Å²) >= 11 is 1.69. The quantitative estimate of drug-likeness (QED) is 0.868. The second-order valence-electron chi connectivity index (χ2n) is 5.28. The SMILES string of the molecule is O=C(Nc1cccc(CSc2ccccn2)c1)N1CCCC1. The third-order valence-electron chi connectivity index (χ3n) is 3.60. The van der Waals surface area contributed by atoms with Gasteiger partial charge in [-0.15, -0.1) is 11.8 Å². The first-order valence-corrected chi connectivity index (χ1v) is 8.48. The highest BCUT2D eigenvalue weighted by atomic mass is 32.2. The van der Waals surface area contributed by atoms with Crippen LogP contribution in [0.15, 0.2) is 53.7 Å². The van der Waals surface area contributed by atoms with Crippen LogP contribution in [0.1, 0.15) is 18.4 Å². The first-order chi connectivity index (χ1) is 10.8. The molecule has 1 aliphatic heterocycles. The molecule has 1 saturated heterocycles. The van der Waals surface area contributed by atoms with Gasteiger partial charge in [0.05, 0.1) is 5.03 Å². The van der Waals surface area contributed by atoms with E-state index in [2.05, 4.69) is 16.4 Å². The van der Waals surface area contributed by atoms with Crippen LogP contribution in [0.2, 0.25) is 0 Å². The largest absolute Gasteiger partial charge is 0.325 e. The molecule has 1 fully saturated rings. The van der Waals surface area contributed by atoms with Crippen molar-refractivity contribution in [3.05, 3.63) is 54.2 Å². The molecule has 0 radical (unpaired) electrons. The maximum atomic E-state index is 12.1. The maximum absolute atomic E-state index is 12.1. The van der Waals surface area contributed by atoms with Crippen LogP contribution in [-0.4, -0.2) is 29.0 Å². The molecule has 0 unspecified atom stereocenters. The highest BCUT2D eigenvalue weighted by Gasteiger charge is 2.17. The molecule has 1 N–H and O–H groups in total. The van der Waals surface area contributed by atoms with Crippen LogP contribution in [0.4, 0.5) is 10.5 Å². The standard InChI is InChI=1S/C17H19N3OS/c21-17(20-10-3-4-11-20)19-15-7-5-6-14(12-15)13-22-16-8-1-2-9-18-16/h1-2,5-9,12H,3-4,10-11,13H2,(H,19,21). The molecule has 1 aliphatic rings. The lowest BCUT2D eigenvalue weighted by atomic mass is 10.2. The molecule has 22 heavy (non-hydrogen) atoms. The molecule has 1 aromatic carbocycles. The van der Waals surface area contributed by atoms with Crippen LogP contribution in [0.3, 0.4) is 0 Å². The van der Waals surface area contributed by atoms with Gasteiger partial charge in [-0.1, -0.05) is 18.2 Å². The summed E-state index contributed by atoms with van der Waals surface area (Å²) in [7, 11) is 0. The predicted molar refractivity (Wildman–Crippen MR) is 90.1 cm³/mol. The van der Waals surface area contributed by atoms with Crippen LogP contribution in [0.25, 0.3) is 0 Å². The number of hydrogen-bond acceptors (Lipinski definition) is 3. The van der Waals surface area contributed by atoms with Crippen molar-refractivity contribution in [1.82, 2.24) is 9.88 Å². The van der Waals surface area contributed by atoms with Crippen molar-refractivity contribution < 1.29 is 4.79 Å². The summed E-state index contributed by atoms with van der Waals surface area (Å²) in [5, 5.41) is 3.99. The monoisotopic (exact) mass is 313 g/mol. The summed E-state index contributed by atoms with van der Waals surface area (Å²) in [6.07, 6.45) is 4.01. The van der Waals surface area contributed by atoms with Gasteiger partial charge in [0.2, 0.25) is 0 Å². The number of thioether (sulfide) groups is 1. The average molecular weight is 313 g/mol. The summed E-state index contributed by atoms with van der Waals surface area (Å²) in [5.74, 6) is 0.838. The number of amides is 2. The minimum atomic E-state index is 0.00651. The molecule has 114 valence electrons. The van der Waals surface area contributed by atoms with E-state index in [1.165, 1.54) is 5.56 Å². The molecule has 0 aliphatic carbocycles. The zero-order chi connectivity index (χ0) is 15.2. The Morgan fingerprint density at radius 1 is 1.18 bits per heavy atom. The van der Waals surface area contributed by atoms with Gasteiger partial charge in [0, 0.05) is 30.7 Å². The Hall–Kier alpha value is -2.01. The number of hydrogen-bond donors (Lipinski definition) is 1. The van der Waals surface area contributed by atoms with Gasteiger partial charge in [0.1, 0.15) is 0 Å². The molecular formula is C17H19N3OS. The first kappa shape index (κ1) is 14.9. The van der Waals surface area contributed by atoms with Crippen LogP contribution >= 0.6 is 11.8 Å². The van der Waals surface area contributed by atoms with Crippen molar-refractivity contribution in [2.75, 3.05) is 18.4 Å². The molecule has 0 spiro atoms. The lowest BCUT2D eigenvalue weighted by Gasteiger charge is -2.16. The van der Waals surface area contributed by atoms with E-state index in [-0.39, 0.29) is 6.03 Å². The molecule has 2 aromatic rings. The van der Waals surface area contributed by atoms with Gasteiger partial charge in [-0.25, -0.2) is 9.78 Å². The number of likely N-dealkylation sites (tertiary alicyclic amines) is 1. The van der Waals surface area contributed by atoms with Crippen molar-refractivity contribution in [3.8, 4) is 0 Å². The lowest BCUT2D eigenvalue weighted by molar-refractivity contribution is 0.222. The smallest absolute Gasteiger partial charge is 0.321 e. The highest BCUT2D eigenvalue weighted by Crippen LogP contribution is 2.22. The van der Waals surface area contributed by atoms with E-state index in [0.717, 1.165) is 42.4 Å². The van der Waals surface area contributed by atoms with E-state index < -0.39 is 0 Å². The molecule has 3 rings (SSSR count). The van der Waals surface area contributed by atoms with Crippen molar-refractivity contribution in [2.24, 2.45) is 0 Å². The fourth-order valence-corrected chi connectivity index (χ4v) is 3.26. The molecular weight excluding hydrogens is 294 g/mol. The topological polar surface area (TPSA) is 45.2 Å². The third kappa shape index (κ3) is 4.01. The maximum Gasteiger partial charge on any atom is 0.321 e. The number of anilines is 1. The number of pyridine rings is 1. The normalized spacial score (nSPS) is 14.1. The van der Waals surface area contributed by atoms with E-state index in [4.69, 9.17) is 0 Å². The van der Waals surface area contributed by atoms with Gasteiger partial charge in [0.25, 0.3) is 0 Å². The van der Waals surface area contributed by atoms with Crippen LogP contribution in [0.5, 0.6) is 0 Å². The summed E-state index contributed by atoms with van der Waals surface area (Å²) in [6.45, 7) is 1.72. The van der Waals surface area contributed by atoms with Crippen LogP contribution < -0.4 is 5.32 Å². The van der Waals surface area contributed by atoms with Gasteiger partial charge >= 0.3 is 6.03 Å². The second kappa shape index (κ2) is 7.31. The molecule has 5 heteroatoms. The highest BCUT2D eigenvalue weighted by molar-refractivity contribution is 7.98. The summed E-state index contributed by atoms with van der Waals surface area (Å²) in [6, 6.07) is 13.9. The van der Waals surface area contributed by atoms with Crippen molar-refractivity contribution in [3.63, 3.8) is 0 Å².